The first-order valence-electron chi connectivity index (χ1n) is 3.34. The number of hydrogen-bond acceptors (Lipinski definition) is 2. The molecule has 0 aromatic carbocycles. The first-order chi connectivity index (χ1) is 5.11. The second kappa shape index (κ2) is 11.0. The van der Waals surface area contributed by atoms with Gasteiger partial charge in [0.25, 0.3) is 0 Å². The van der Waals surface area contributed by atoms with Crippen molar-refractivity contribution in [3.05, 3.63) is 7.43 Å². The number of alkyl halides is 1. The maximum Gasteiger partial charge on any atom is 2.00 e. The third kappa shape index (κ3) is 9.23. The largest absolute Gasteiger partial charge is 2.00 e. The predicted molar refractivity (Wildman–Crippen MR) is 61.2 cm³/mol. The van der Waals surface area contributed by atoms with Crippen molar-refractivity contribution >= 4 is 34.7 Å². The van der Waals surface area contributed by atoms with Gasteiger partial charge in [0.2, 0.25) is 0 Å². The smallest absolute Gasteiger partial charge is 0.541 e. The zero-order valence-electron chi connectivity index (χ0n) is 8.17. The molecule has 0 aromatic heterocycles. The Kier molecular flexibility index (Phi) is 16.5. The maximum absolute atomic E-state index is 10.4. The summed E-state index contributed by atoms with van der Waals surface area (Å²) in [7, 11) is 1.62. The fourth-order valence-corrected chi connectivity index (χ4v) is 1.02. The first kappa shape index (κ1) is 19.5. The van der Waals surface area contributed by atoms with E-state index in [-0.39, 0.29) is 48.4 Å². The minimum absolute atomic E-state index is 0. The predicted octanol–water partition coefficient (Wildman–Crippen LogP) is 1.36. The number of nitrogens with two attached hydrogens (primary N) is 1. The molecule has 0 rings (SSSR count). The molecule has 0 amide bonds. The minimum Gasteiger partial charge on any atom is -0.541 e. The number of nitrogens with zero attached hydrogens (tertiary/aromatic N) is 1. The van der Waals surface area contributed by atoms with Gasteiger partial charge in [0.05, 0.1) is 5.84 Å². The van der Waals surface area contributed by atoms with Crippen LogP contribution in [-0.2, 0) is 4.79 Å². The average molecular weight is 520 g/mol. The van der Waals surface area contributed by atoms with Gasteiger partial charge in [0.15, 0.2) is 0 Å². The minimum atomic E-state index is -0.126. The van der Waals surface area contributed by atoms with Crippen molar-refractivity contribution in [3.63, 3.8) is 0 Å². The third-order valence-corrected chi connectivity index (χ3v) is 2.29. The number of amidine groups is 1. The monoisotopic (exact) mass is 520 g/mol. The molecular formula is C8H15IN2OU. The van der Waals surface area contributed by atoms with Gasteiger partial charge in [-0.3, -0.25) is 11.3 Å². The molecule has 1 unspecified atom stereocenters. The Labute approximate surface area is 118 Å². The normalized spacial score (nSPS) is 14.8. The topological polar surface area (TPSA) is 55.4 Å². The summed E-state index contributed by atoms with van der Waals surface area (Å²) >= 11 is 2.18. The van der Waals surface area contributed by atoms with E-state index in [1.54, 1.807) is 7.05 Å². The van der Waals surface area contributed by atoms with Crippen molar-refractivity contribution < 1.29 is 35.9 Å². The van der Waals surface area contributed by atoms with Crippen molar-refractivity contribution in [2.24, 2.45) is 16.6 Å². The Hall–Kier alpha value is 0.922. The second-order valence-corrected chi connectivity index (χ2v) is 4.29. The summed E-state index contributed by atoms with van der Waals surface area (Å²) in [6.07, 6.45) is 2.47. The molecule has 0 spiro atoms. The summed E-state index contributed by atoms with van der Waals surface area (Å²) in [5, 5.41) is 0. The van der Waals surface area contributed by atoms with E-state index in [9.17, 15) is 4.79 Å². The standard InChI is InChI=1S/C7H12IN2O.CH3.U/c1-5(8)6(4-11)3-7(9)10-2;;/h5-6H,3H2,1-2H3,(H2,9,10);1H3;/q2*-1;+2/t5-,6?;;/m1../s1. The molecule has 0 radical (unpaired) electrons. The van der Waals surface area contributed by atoms with Crippen molar-refractivity contribution in [1.29, 1.82) is 0 Å². The zero-order valence-corrected chi connectivity index (χ0v) is 14.5. The van der Waals surface area contributed by atoms with E-state index >= 15 is 0 Å². The van der Waals surface area contributed by atoms with E-state index in [1.807, 2.05) is 13.2 Å². The van der Waals surface area contributed by atoms with Crippen molar-refractivity contribution in [1.82, 2.24) is 0 Å². The molecule has 0 aromatic rings. The fourth-order valence-electron chi connectivity index (χ4n) is 0.614. The summed E-state index contributed by atoms with van der Waals surface area (Å²) in [6.45, 7) is 1.96. The van der Waals surface area contributed by atoms with Gasteiger partial charge >= 0.3 is 31.1 Å². The molecule has 0 fully saturated rings. The summed E-state index contributed by atoms with van der Waals surface area (Å²) in [5.74, 6) is 0.390. The molecule has 13 heavy (non-hydrogen) atoms. The van der Waals surface area contributed by atoms with Crippen LogP contribution in [0.4, 0.5) is 0 Å². The van der Waals surface area contributed by atoms with Gasteiger partial charge in [-0.05, 0) is 10.3 Å². The van der Waals surface area contributed by atoms with Crippen LogP contribution in [0.5, 0.6) is 0 Å². The van der Waals surface area contributed by atoms with Gasteiger partial charge in [-0.1, -0.05) is 29.5 Å². The Balaban J connectivity index is -0.000000500. The Morgan fingerprint density at radius 3 is 2.38 bits per heavy atom. The van der Waals surface area contributed by atoms with Gasteiger partial charge in [0.1, 0.15) is 0 Å². The average Bonchev–Trinajstić information content (AvgIpc) is 1.99. The molecule has 0 saturated heterocycles. The summed E-state index contributed by atoms with van der Waals surface area (Å²) in [5.41, 5.74) is 5.46. The number of rotatable bonds is 4. The SMILES string of the molecule is CN=C(N)CC([C-]=O)[C@@H](C)I.[CH3-].[U+2]. The van der Waals surface area contributed by atoms with E-state index < -0.39 is 0 Å². The molecule has 3 nitrogen and oxygen atoms in total. The molecule has 0 bridgehead atoms. The van der Waals surface area contributed by atoms with Gasteiger partial charge in [-0.25, -0.2) is 0 Å². The van der Waals surface area contributed by atoms with Gasteiger partial charge in [-0.15, -0.1) is 5.92 Å². The molecule has 2 atom stereocenters. The second-order valence-electron chi connectivity index (χ2n) is 2.32. The zero-order chi connectivity index (χ0) is 8.85. The van der Waals surface area contributed by atoms with Gasteiger partial charge in [-0.2, -0.15) is 0 Å². The van der Waals surface area contributed by atoms with Crippen LogP contribution in [0.15, 0.2) is 4.99 Å². The number of halogens is 1. The van der Waals surface area contributed by atoms with E-state index in [2.05, 4.69) is 27.6 Å². The van der Waals surface area contributed by atoms with Crippen LogP contribution in [0.3, 0.4) is 0 Å². The maximum atomic E-state index is 10.4. The van der Waals surface area contributed by atoms with Crippen LogP contribution in [0.1, 0.15) is 13.3 Å². The number of hydrogen-bond donors (Lipinski definition) is 1. The Morgan fingerprint density at radius 2 is 2.15 bits per heavy atom. The molecular weight excluding hydrogens is 505 g/mol. The molecule has 0 aliphatic heterocycles. The van der Waals surface area contributed by atoms with Crippen LogP contribution in [-0.4, -0.2) is 23.1 Å². The van der Waals surface area contributed by atoms with E-state index in [0.29, 0.717) is 12.3 Å². The van der Waals surface area contributed by atoms with Crippen LogP contribution in [0, 0.1) is 44.5 Å². The molecule has 0 heterocycles. The Morgan fingerprint density at radius 1 is 1.69 bits per heavy atom. The van der Waals surface area contributed by atoms with Crippen molar-refractivity contribution in [2.75, 3.05) is 7.05 Å². The molecule has 0 saturated carbocycles. The van der Waals surface area contributed by atoms with Crippen LogP contribution < -0.4 is 5.73 Å². The van der Waals surface area contributed by atoms with Gasteiger partial charge in [0, 0.05) is 7.05 Å². The summed E-state index contributed by atoms with van der Waals surface area (Å²) in [4.78, 5) is 14.1. The molecule has 5 heteroatoms. The molecule has 74 valence electrons. The third-order valence-electron chi connectivity index (χ3n) is 1.42. The van der Waals surface area contributed by atoms with Crippen molar-refractivity contribution in [3.8, 4) is 0 Å². The molecule has 2 N–H and O–H groups in total. The van der Waals surface area contributed by atoms with E-state index in [0.717, 1.165) is 0 Å². The number of carbonyl (C=O) groups excluding carboxylic acids is 1. The van der Waals surface area contributed by atoms with Gasteiger partial charge < -0.3 is 18.0 Å². The van der Waals surface area contributed by atoms with E-state index in [1.165, 1.54) is 0 Å². The van der Waals surface area contributed by atoms with Crippen LogP contribution in [0.25, 0.3) is 0 Å². The van der Waals surface area contributed by atoms with Crippen LogP contribution in [0.2, 0.25) is 0 Å². The fraction of sp³-hybridized carbons (Fsp3) is 0.625. The Bertz CT molecular complexity index is 162. The summed E-state index contributed by atoms with van der Waals surface area (Å²) < 4.78 is 0.255. The quantitative estimate of drug-likeness (QED) is 0.200. The number of aliphatic imine (C=N–C) groups is 1. The van der Waals surface area contributed by atoms with Crippen LogP contribution >= 0.6 is 22.6 Å². The summed E-state index contributed by atoms with van der Waals surface area (Å²) in [6, 6.07) is 0. The van der Waals surface area contributed by atoms with Crippen molar-refractivity contribution in [2.45, 2.75) is 17.3 Å². The first-order valence-corrected chi connectivity index (χ1v) is 4.59. The molecule has 0 aliphatic carbocycles. The molecule has 0 aliphatic rings. The van der Waals surface area contributed by atoms with E-state index in [4.69, 9.17) is 5.73 Å².